The molecule has 2 aliphatic rings. The smallest absolute Gasteiger partial charge is 0.0182 e. The van der Waals surface area contributed by atoms with Crippen LogP contribution in [0, 0.1) is 5.92 Å². The van der Waals surface area contributed by atoms with E-state index in [9.17, 15) is 0 Å². The number of rotatable bonds is 0. The summed E-state index contributed by atoms with van der Waals surface area (Å²) < 4.78 is 0. The maximum absolute atomic E-state index is 3.53. The second-order valence-electron chi connectivity index (χ2n) is 3.37. The third-order valence-electron chi connectivity index (χ3n) is 2.93. The molecular formula is C7H14ClN. The van der Waals surface area contributed by atoms with Crippen LogP contribution in [-0.4, -0.2) is 12.1 Å². The van der Waals surface area contributed by atoms with Gasteiger partial charge in [0.05, 0.1) is 0 Å². The van der Waals surface area contributed by atoms with Gasteiger partial charge < -0.3 is 5.32 Å². The lowest BCUT2D eigenvalue weighted by Crippen LogP contribution is -2.48. The number of hydrogen-bond donors (Lipinski definition) is 1. The van der Waals surface area contributed by atoms with E-state index in [0.717, 1.165) is 5.92 Å². The predicted octanol–water partition coefficient (Wildman–Crippen LogP) is 1.57. The number of halogens is 1. The van der Waals surface area contributed by atoms with Gasteiger partial charge in [0.2, 0.25) is 0 Å². The third-order valence-corrected chi connectivity index (χ3v) is 2.93. The van der Waals surface area contributed by atoms with Crippen LogP contribution in [0.15, 0.2) is 0 Å². The van der Waals surface area contributed by atoms with Crippen LogP contribution >= 0.6 is 12.4 Å². The molecule has 54 valence electrons. The fourth-order valence-electron chi connectivity index (χ4n) is 2.01. The molecule has 1 N–H and O–H groups in total. The molecule has 0 bridgehead atoms. The van der Waals surface area contributed by atoms with Crippen molar-refractivity contribution in [3.63, 3.8) is 0 Å². The van der Waals surface area contributed by atoms with Crippen LogP contribution < -0.4 is 5.32 Å². The molecule has 2 rings (SSSR count). The van der Waals surface area contributed by atoms with E-state index in [-0.39, 0.29) is 12.4 Å². The molecule has 0 spiro atoms. The average Bonchev–Trinajstić information content (AvgIpc) is 1.94. The largest absolute Gasteiger partial charge is 0.311 e. The van der Waals surface area contributed by atoms with Gasteiger partial charge in [0.1, 0.15) is 0 Å². The molecule has 9 heavy (non-hydrogen) atoms. The number of nitrogens with one attached hydrogen (secondary N) is 1. The zero-order chi connectivity index (χ0) is 5.61. The van der Waals surface area contributed by atoms with E-state index < -0.39 is 0 Å². The van der Waals surface area contributed by atoms with Gasteiger partial charge >= 0.3 is 0 Å². The molecule has 1 aliphatic carbocycles. The molecule has 0 unspecified atom stereocenters. The van der Waals surface area contributed by atoms with Crippen LogP contribution in [0.3, 0.4) is 0 Å². The van der Waals surface area contributed by atoms with Crippen LogP contribution in [0.5, 0.6) is 0 Å². The van der Waals surface area contributed by atoms with Crippen LogP contribution in [0.2, 0.25) is 0 Å². The van der Waals surface area contributed by atoms with Crippen molar-refractivity contribution in [2.24, 2.45) is 5.92 Å². The van der Waals surface area contributed by atoms with Gasteiger partial charge in [-0.15, -0.1) is 12.4 Å². The Morgan fingerprint density at radius 1 is 1.44 bits per heavy atom. The van der Waals surface area contributed by atoms with E-state index >= 15 is 0 Å². The quantitative estimate of drug-likeness (QED) is 0.549. The highest BCUT2D eigenvalue weighted by atomic mass is 35.5. The summed E-state index contributed by atoms with van der Waals surface area (Å²) in [6.45, 7) is 3.62. The minimum Gasteiger partial charge on any atom is -0.311 e. The van der Waals surface area contributed by atoms with Gasteiger partial charge in [-0.05, 0) is 38.6 Å². The average molecular weight is 148 g/mol. The molecule has 1 saturated heterocycles. The monoisotopic (exact) mass is 147 g/mol. The molecule has 2 atom stereocenters. The first-order chi connectivity index (χ1) is 3.81. The van der Waals surface area contributed by atoms with Gasteiger partial charge in [-0.2, -0.15) is 0 Å². The Kier molecular flexibility index (Phi) is 1.75. The Hall–Kier alpha value is 0.250. The van der Waals surface area contributed by atoms with Crippen LogP contribution in [0.4, 0.5) is 0 Å². The van der Waals surface area contributed by atoms with Crippen molar-refractivity contribution < 1.29 is 0 Å². The molecule has 0 aromatic carbocycles. The summed E-state index contributed by atoms with van der Waals surface area (Å²) >= 11 is 0. The highest BCUT2D eigenvalue weighted by Crippen LogP contribution is 2.43. The fourth-order valence-corrected chi connectivity index (χ4v) is 2.01. The Morgan fingerprint density at radius 2 is 2.22 bits per heavy atom. The first-order valence-electron chi connectivity index (χ1n) is 3.56. The van der Waals surface area contributed by atoms with Crippen molar-refractivity contribution in [1.82, 2.24) is 5.32 Å². The van der Waals surface area contributed by atoms with Crippen molar-refractivity contribution in [2.45, 2.75) is 31.7 Å². The van der Waals surface area contributed by atoms with Gasteiger partial charge in [-0.1, -0.05) is 0 Å². The highest BCUT2D eigenvalue weighted by Gasteiger charge is 2.45. The van der Waals surface area contributed by atoms with E-state index in [1.807, 2.05) is 0 Å². The van der Waals surface area contributed by atoms with Crippen LogP contribution in [0.25, 0.3) is 0 Å². The first kappa shape index (κ1) is 7.36. The maximum Gasteiger partial charge on any atom is 0.0182 e. The summed E-state index contributed by atoms with van der Waals surface area (Å²) in [5.74, 6) is 1.03. The molecule has 0 aromatic rings. The minimum atomic E-state index is 0. The van der Waals surface area contributed by atoms with Crippen LogP contribution in [-0.2, 0) is 0 Å². The fraction of sp³-hybridized carbons (Fsp3) is 1.00. The van der Waals surface area contributed by atoms with Gasteiger partial charge in [0, 0.05) is 5.54 Å². The standard InChI is InChI=1S/C7H13N.ClH/c1-7-4-2-6(7)3-5-8-7;/h6,8H,2-5H2,1H3;1H/t6-,7-;/m0./s1. The second-order valence-corrected chi connectivity index (χ2v) is 3.37. The number of hydrogen-bond acceptors (Lipinski definition) is 1. The minimum absolute atomic E-state index is 0. The van der Waals surface area contributed by atoms with Crippen molar-refractivity contribution in [3.8, 4) is 0 Å². The maximum atomic E-state index is 3.53. The molecule has 1 saturated carbocycles. The zero-order valence-corrected chi connectivity index (χ0v) is 6.63. The Labute approximate surface area is 62.6 Å². The Morgan fingerprint density at radius 3 is 2.44 bits per heavy atom. The van der Waals surface area contributed by atoms with E-state index in [2.05, 4.69) is 12.2 Å². The molecule has 1 nitrogen and oxygen atoms in total. The van der Waals surface area contributed by atoms with E-state index in [1.165, 1.54) is 25.8 Å². The normalized spacial score (nSPS) is 47.0. The topological polar surface area (TPSA) is 12.0 Å². The van der Waals surface area contributed by atoms with Gasteiger partial charge in [0.25, 0.3) is 0 Å². The molecule has 0 amide bonds. The van der Waals surface area contributed by atoms with Crippen molar-refractivity contribution in [1.29, 1.82) is 0 Å². The first-order valence-corrected chi connectivity index (χ1v) is 3.56. The lowest BCUT2D eigenvalue weighted by Gasteiger charge is -2.41. The second kappa shape index (κ2) is 2.14. The van der Waals surface area contributed by atoms with E-state index in [1.54, 1.807) is 0 Å². The molecule has 2 fully saturated rings. The van der Waals surface area contributed by atoms with E-state index in [4.69, 9.17) is 0 Å². The summed E-state index contributed by atoms with van der Waals surface area (Å²) in [7, 11) is 0. The Bertz CT molecular complexity index is 115. The number of fused-ring (bicyclic) bond motifs is 1. The van der Waals surface area contributed by atoms with Gasteiger partial charge in [-0.3, -0.25) is 0 Å². The molecule has 1 aliphatic heterocycles. The summed E-state index contributed by atoms with van der Waals surface area (Å²) in [6, 6.07) is 0. The van der Waals surface area contributed by atoms with Crippen molar-refractivity contribution in [2.75, 3.05) is 6.54 Å². The highest BCUT2D eigenvalue weighted by molar-refractivity contribution is 5.85. The molecule has 2 heteroatoms. The molecular weight excluding hydrogens is 134 g/mol. The molecule has 1 heterocycles. The van der Waals surface area contributed by atoms with Gasteiger partial charge in [0.15, 0.2) is 0 Å². The van der Waals surface area contributed by atoms with Crippen molar-refractivity contribution >= 4 is 12.4 Å². The molecule has 0 radical (unpaired) electrons. The lowest BCUT2D eigenvalue weighted by molar-refractivity contribution is 0.158. The zero-order valence-electron chi connectivity index (χ0n) is 5.81. The summed E-state index contributed by atoms with van der Waals surface area (Å²) in [6.07, 6.45) is 4.32. The molecule has 0 aromatic heterocycles. The lowest BCUT2D eigenvalue weighted by atomic mass is 9.69. The summed E-state index contributed by atoms with van der Waals surface area (Å²) in [5.41, 5.74) is 0.583. The van der Waals surface area contributed by atoms with Crippen molar-refractivity contribution in [3.05, 3.63) is 0 Å². The predicted molar refractivity (Wildman–Crippen MR) is 41.0 cm³/mol. The summed E-state index contributed by atoms with van der Waals surface area (Å²) in [5, 5.41) is 3.53. The SMILES string of the molecule is C[C@]12CC[C@H]1CCN2.Cl. The van der Waals surface area contributed by atoms with Gasteiger partial charge in [-0.25, -0.2) is 0 Å². The summed E-state index contributed by atoms with van der Waals surface area (Å²) in [4.78, 5) is 0. The Balaban J connectivity index is 0.000000405. The van der Waals surface area contributed by atoms with E-state index in [0.29, 0.717) is 5.54 Å². The van der Waals surface area contributed by atoms with Crippen LogP contribution in [0.1, 0.15) is 26.2 Å². The third kappa shape index (κ3) is 0.870.